The molecular formula is C14H16N4O. The molecule has 0 fully saturated rings. The lowest BCUT2D eigenvalue weighted by Crippen LogP contribution is -2.08. The quantitative estimate of drug-likeness (QED) is 0.851. The normalized spacial score (nSPS) is 10.1. The van der Waals surface area contributed by atoms with Crippen molar-refractivity contribution in [2.24, 2.45) is 0 Å². The van der Waals surface area contributed by atoms with Crippen LogP contribution >= 0.6 is 0 Å². The molecule has 0 saturated carbocycles. The minimum atomic E-state index is 0.447. The first kappa shape index (κ1) is 13.0. The summed E-state index contributed by atoms with van der Waals surface area (Å²) in [6.45, 7) is 1.79. The predicted octanol–water partition coefficient (Wildman–Crippen LogP) is 2.41. The van der Waals surface area contributed by atoms with Crippen LogP contribution in [0.5, 0.6) is 0 Å². The van der Waals surface area contributed by atoms with Crippen molar-refractivity contribution in [1.82, 2.24) is 9.97 Å². The topological polar surface area (TPSA) is 58.1 Å². The smallest absolute Gasteiger partial charge is 0.155 e. The van der Waals surface area contributed by atoms with E-state index in [1.54, 1.807) is 6.92 Å². The van der Waals surface area contributed by atoms with Crippen molar-refractivity contribution in [1.29, 1.82) is 0 Å². The molecule has 0 atom stereocenters. The highest BCUT2D eigenvalue weighted by molar-refractivity contribution is 5.83. The van der Waals surface area contributed by atoms with Gasteiger partial charge < -0.3 is 10.2 Å². The summed E-state index contributed by atoms with van der Waals surface area (Å²) in [4.78, 5) is 21.2. The fourth-order valence-corrected chi connectivity index (χ4v) is 1.65. The van der Waals surface area contributed by atoms with Crippen LogP contribution in [0.1, 0.15) is 16.2 Å². The third-order valence-electron chi connectivity index (χ3n) is 2.71. The molecule has 1 N–H and O–H groups in total. The highest BCUT2D eigenvalue weighted by atomic mass is 16.1. The number of hydrogen-bond donors (Lipinski definition) is 1. The van der Waals surface area contributed by atoms with Gasteiger partial charge in [0.15, 0.2) is 6.29 Å². The van der Waals surface area contributed by atoms with Crippen molar-refractivity contribution >= 4 is 23.5 Å². The van der Waals surface area contributed by atoms with Gasteiger partial charge in [-0.15, -0.1) is 0 Å². The molecule has 0 unspecified atom stereocenters. The van der Waals surface area contributed by atoms with E-state index in [0.29, 0.717) is 17.2 Å². The number of hydrogen-bond acceptors (Lipinski definition) is 5. The molecule has 19 heavy (non-hydrogen) atoms. The van der Waals surface area contributed by atoms with Crippen LogP contribution in [0.25, 0.3) is 0 Å². The largest absolute Gasteiger partial charge is 0.378 e. The fraction of sp³-hybridized carbons (Fsp3) is 0.214. The summed E-state index contributed by atoms with van der Waals surface area (Å²) in [5.74, 6) is 1.15. The Morgan fingerprint density at radius 2 is 1.89 bits per heavy atom. The summed E-state index contributed by atoms with van der Waals surface area (Å²) >= 11 is 0. The monoisotopic (exact) mass is 256 g/mol. The van der Waals surface area contributed by atoms with Crippen LogP contribution in [0.15, 0.2) is 30.5 Å². The van der Waals surface area contributed by atoms with Crippen LogP contribution in [0.2, 0.25) is 0 Å². The number of aldehydes is 1. The van der Waals surface area contributed by atoms with Gasteiger partial charge in [0, 0.05) is 31.7 Å². The zero-order valence-electron chi connectivity index (χ0n) is 11.2. The van der Waals surface area contributed by atoms with E-state index >= 15 is 0 Å². The van der Waals surface area contributed by atoms with Gasteiger partial charge in [0.2, 0.25) is 0 Å². The molecule has 0 aliphatic heterocycles. The first-order valence-corrected chi connectivity index (χ1v) is 5.93. The number of rotatable bonds is 4. The second kappa shape index (κ2) is 5.48. The Morgan fingerprint density at radius 3 is 2.47 bits per heavy atom. The SMILES string of the molecule is Cc1ncc(C=O)c(Nc2ccc(N(C)C)cc2)n1. The summed E-state index contributed by atoms with van der Waals surface area (Å²) in [6, 6.07) is 7.89. The van der Waals surface area contributed by atoms with E-state index in [2.05, 4.69) is 15.3 Å². The minimum absolute atomic E-state index is 0.447. The number of anilines is 3. The van der Waals surface area contributed by atoms with Crippen LogP contribution in [0, 0.1) is 6.92 Å². The second-order valence-corrected chi connectivity index (χ2v) is 4.41. The van der Waals surface area contributed by atoms with Gasteiger partial charge in [-0.2, -0.15) is 0 Å². The number of nitrogens with zero attached hydrogens (tertiary/aromatic N) is 3. The predicted molar refractivity (Wildman–Crippen MR) is 76.2 cm³/mol. The van der Waals surface area contributed by atoms with Crippen molar-refractivity contribution in [2.75, 3.05) is 24.3 Å². The molecule has 5 nitrogen and oxygen atoms in total. The van der Waals surface area contributed by atoms with Crippen molar-refractivity contribution in [3.63, 3.8) is 0 Å². The van der Waals surface area contributed by atoms with Crippen LogP contribution < -0.4 is 10.2 Å². The van der Waals surface area contributed by atoms with E-state index in [1.807, 2.05) is 43.3 Å². The lowest BCUT2D eigenvalue weighted by Gasteiger charge is -2.13. The maximum absolute atomic E-state index is 10.9. The number of carbonyl (C=O) groups excluding carboxylic acids is 1. The van der Waals surface area contributed by atoms with E-state index in [0.717, 1.165) is 17.7 Å². The Hall–Kier alpha value is -2.43. The van der Waals surface area contributed by atoms with Gasteiger partial charge in [-0.05, 0) is 31.2 Å². The molecule has 1 aromatic heterocycles. The summed E-state index contributed by atoms with van der Waals surface area (Å²) in [7, 11) is 3.97. The standard InChI is InChI=1S/C14H16N4O/c1-10-15-8-11(9-19)14(16-10)17-12-4-6-13(7-5-12)18(2)3/h4-9H,1-3H3,(H,15,16,17). The molecule has 0 saturated heterocycles. The van der Waals surface area contributed by atoms with Crippen molar-refractivity contribution < 1.29 is 4.79 Å². The molecule has 2 rings (SSSR count). The van der Waals surface area contributed by atoms with Gasteiger partial charge in [-0.3, -0.25) is 4.79 Å². The van der Waals surface area contributed by atoms with Crippen molar-refractivity contribution in [3.8, 4) is 0 Å². The maximum Gasteiger partial charge on any atom is 0.155 e. The van der Waals surface area contributed by atoms with Crippen LogP contribution in [-0.2, 0) is 0 Å². The number of aryl methyl sites for hydroxylation is 1. The molecule has 0 amide bonds. The van der Waals surface area contributed by atoms with Gasteiger partial charge in [0.25, 0.3) is 0 Å². The van der Waals surface area contributed by atoms with E-state index in [9.17, 15) is 4.79 Å². The molecule has 0 bridgehead atoms. The summed E-state index contributed by atoms with van der Waals surface area (Å²) < 4.78 is 0. The Kier molecular flexibility index (Phi) is 3.75. The lowest BCUT2D eigenvalue weighted by molar-refractivity contribution is 0.112. The molecule has 0 radical (unpaired) electrons. The molecule has 0 aliphatic carbocycles. The molecular weight excluding hydrogens is 240 g/mol. The Bertz CT molecular complexity index is 578. The molecule has 2 aromatic rings. The highest BCUT2D eigenvalue weighted by Gasteiger charge is 2.05. The number of carbonyl (C=O) groups is 1. The molecule has 1 heterocycles. The van der Waals surface area contributed by atoms with Crippen molar-refractivity contribution in [3.05, 3.63) is 41.9 Å². The van der Waals surface area contributed by atoms with Gasteiger partial charge in [-0.1, -0.05) is 0 Å². The van der Waals surface area contributed by atoms with Crippen LogP contribution in [0.4, 0.5) is 17.2 Å². The summed E-state index contributed by atoms with van der Waals surface area (Å²) in [5, 5.41) is 3.13. The van der Waals surface area contributed by atoms with E-state index in [1.165, 1.54) is 6.20 Å². The van der Waals surface area contributed by atoms with E-state index < -0.39 is 0 Å². The van der Waals surface area contributed by atoms with Gasteiger partial charge in [0.1, 0.15) is 11.6 Å². The first-order chi connectivity index (χ1) is 9.10. The Morgan fingerprint density at radius 1 is 1.21 bits per heavy atom. The first-order valence-electron chi connectivity index (χ1n) is 5.93. The van der Waals surface area contributed by atoms with Gasteiger partial charge in [0.05, 0.1) is 5.56 Å². The van der Waals surface area contributed by atoms with E-state index in [4.69, 9.17) is 0 Å². The number of benzene rings is 1. The van der Waals surface area contributed by atoms with Crippen molar-refractivity contribution in [2.45, 2.75) is 6.92 Å². The highest BCUT2D eigenvalue weighted by Crippen LogP contribution is 2.20. The van der Waals surface area contributed by atoms with E-state index in [-0.39, 0.29) is 0 Å². The van der Waals surface area contributed by atoms with Crippen LogP contribution in [0.3, 0.4) is 0 Å². The maximum atomic E-state index is 10.9. The third-order valence-corrected chi connectivity index (χ3v) is 2.71. The average Bonchev–Trinajstić information content (AvgIpc) is 2.39. The fourth-order valence-electron chi connectivity index (χ4n) is 1.65. The Labute approximate surface area is 112 Å². The number of nitrogens with one attached hydrogen (secondary N) is 1. The molecule has 0 aliphatic rings. The zero-order valence-corrected chi connectivity index (χ0v) is 11.2. The third kappa shape index (κ3) is 3.07. The molecule has 5 heteroatoms. The van der Waals surface area contributed by atoms with Crippen LogP contribution in [-0.4, -0.2) is 30.3 Å². The van der Waals surface area contributed by atoms with Gasteiger partial charge in [-0.25, -0.2) is 9.97 Å². The van der Waals surface area contributed by atoms with Gasteiger partial charge >= 0.3 is 0 Å². The second-order valence-electron chi connectivity index (χ2n) is 4.41. The average molecular weight is 256 g/mol. The minimum Gasteiger partial charge on any atom is -0.378 e. The Balaban J connectivity index is 2.25. The molecule has 98 valence electrons. The molecule has 1 aromatic carbocycles. The molecule has 0 spiro atoms. The lowest BCUT2D eigenvalue weighted by atomic mass is 10.2. The summed E-state index contributed by atoms with van der Waals surface area (Å²) in [5.41, 5.74) is 2.44. The summed E-state index contributed by atoms with van der Waals surface area (Å²) in [6.07, 6.45) is 2.27. The number of aromatic nitrogens is 2. The zero-order chi connectivity index (χ0) is 13.8.